The Bertz CT molecular complexity index is 1320. The number of carbonyl (C=O) groups is 3. The van der Waals surface area contributed by atoms with Gasteiger partial charge in [-0.3, -0.25) is 14.5 Å². The van der Waals surface area contributed by atoms with Crippen molar-refractivity contribution in [2.24, 2.45) is 11.7 Å². The van der Waals surface area contributed by atoms with Gasteiger partial charge in [-0.1, -0.05) is 67.4 Å². The standard InChI is InChI=1S/C32H37FN4O4/c1-36(19-20-38)32(41)37(26-17-15-25(33)16-18-26)21-22-11-13-23(14-12-22)27-9-5-6-10-28(27)31(40)35-29(30(34)39)24-7-3-2-4-8-24/h2-4,7-8,11-18,27-29,38H,5-6,9-10,19-21H2,1H3,(H2,34,39)(H,35,40)/t27-,28+,29-/m0/s1. The van der Waals surface area contributed by atoms with Crippen LogP contribution in [0.4, 0.5) is 14.9 Å². The molecule has 9 heteroatoms. The van der Waals surface area contributed by atoms with Crippen LogP contribution in [0.25, 0.3) is 0 Å². The molecule has 0 unspecified atom stereocenters. The van der Waals surface area contributed by atoms with Gasteiger partial charge in [0.1, 0.15) is 11.9 Å². The smallest absolute Gasteiger partial charge is 0.324 e. The van der Waals surface area contributed by atoms with Gasteiger partial charge in [0, 0.05) is 25.2 Å². The fourth-order valence-corrected chi connectivity index (χ4v) is 5.45. The predicted octanol–water partition coefficient (Wildman–Crippen LogP) is 4.49. The molecule has 4 N–H and O–H groups in total. The minimum absolute atomic E-state index is 0.0207. The van der Waals surface area contributed by atoms with Gasteiger partial charge in [0.05, 0.1) is 13.2 Å². The molecule has 41 heavy (non-hydrogen) atoms. The first kappa shape index (κ1) is 29.7. The van der Waals surface area contributed by atoms with Crippen molar-refractivity contribution in [1.82, 2.24) is 10.2 Å². The molecule has 1 aliphatic rings. The van der Waals surface area contributed by atoms with Gasteiger partial charge in [-0.2, -0.15) is 0 Å². The Morgan fingerprint density at radius 1 is 0.976 bits per heavy atom. The van der Waals surface area contributed by atoms with Gasteiger partial charge >= 0.3 is 6.03 Å². The lowest BCUT2D eigenvalue weighted by molar-refractivity contribution is -0.131. The average Bonchev–Trinajstić information content (AvgIpc) is 2.99. The van der Waals surface area contributed by atoms with Crippen molar-refractivity contribution in [2.75, 3.05) is 25.1 Å². The average molecular weight is 561 g/mol. The molecule has 0 heterocycles. The summed E-state index contributed by atoms with van der Waals surface area (Å²) in [7, 11) is 1.60. The lowest BCUT2D eigenvalue weighted by Crippen LogP contribution is -2.42. The Hall–Kier alpha value is -4.24. The van der Waals surface area contributed by atoms with Crippen molar-refractivity contribution in [1.29, 1.82) is 0 Å². The number of primary amides is 1. The zero-order chi connectivity index (χ0) is 29.4. The van der Waals surface area contributed by atoms with Crippen molar-refractivity contribution in [2.45, 2.75) is 44.2 Å². The molecule has 0 aliphatic heterocycles. The second kappa shape index (κ2) is 13.9. The lowest BCUT2D eigenvalue weighted by Gasteiger charge is -2.32. The molecular weight excluding hydrogens is 523 g/mol. The number of nitrogens with two attached hydrogens (primary N) is 1. The molecule has 1 fully saturated rings. The van der Waals surface area contributed by atoms with Crippen LogP contribution in [0.3, 0.4) is 0 Å². The van der Waals surface area contributed by atoms with E-state index in [0.717, 1.165) is 30.4 Å². The van der Waals surface area contributed by atoms with E-state index >= 15 is 0 Å². The third-order valence-corrected chi connectivity index (χ3v) is 7.69. The predicted molar refractivity (Wildman–Crippen MR) is 155 cm³/mol. The van der Waals surface area contributed by atoms with E-state index in [1.54, 1.807) is 43.4 Å². The van der Waals surface area contributed by atoms with E-state index in [1.807, 2.05) is 30.3 Å². The van der Waals surface area contributed by atoms with Gasteiger partial charge in [0.2, 0.25) is 11.8 Å². The van der Waals surface area contributed by atoms with E-state index in [9.17, 15) is 23.9 Å². The second-order valence-corrected chi connectivity index (χ2v) is 10.5. The second-order valence-electron chi connectivity index (χ2n) is 10.5. The van der Waals surface area contributed by atoms with Crippen molar-refractivity contribution in [3.05, 3.63) is 101 Å². The highest BCUT2D eigenvalue weighted by atomic mass is 19.1. The van der Waals surface area contributed by atoms with Crippen LogP contribution in [0.5, 0.6) is 0 Å². The fraction of sp³-hybridized carbons (Fsp3) is 0.344. The minimum atomic E-state index is -0.896. The molecule has 4 amide bonds. The number of aliphatic hydroxyl groups excluding tert-OH is 1. The first-order valence-corrected chi connectivity index (χ1v) is 13.9. The van der Waals surface area contributed by atoms with Crippen LogP contribution >= 0.6 is 0 Å². The Labute approximate surface area is 240 Å². The molecule has 3 aromatic carbocycles. The molecule has 216 valence electrons. The summed E-state index contributed by atoms with van der Waals surface area (Å²) in [5.41, 5.74) is 8.70. The number of carbonyl (C=O) groups excluding carboxylic acids is 3. The maximum absolute atomic E-state index is 13.6. The molecule has 3 aromatic rings. The molecule has 0 saturated heterocycles. The maximum atomic E-state index is 13.6. The summed E-state index contributed by atoms with van der Waals surface area (Å²) in [6.45, 7) is 0.240. The first-order chi connectivity index (χ1) is 19.8. The molecule has 3 atom stereocenters. The molecule has 1 saturated carbocycles. The topological polar surface area (TPSA) is 116 Å². The number of amides is 4. The number of rotatable bonds is 10. The van der Waals surface area contributed by atoms with Crippen LogP contribution in [0.1, 0.15) is 54.3 Å². The molecule has 0 aromatic heterocycles. The highest BCUT2D eigenvalue weighted by molar-refractivity contribution is 5.92. The van der Waals surface area contributed by atoms with E-state index in [-0.39, 0.29) is 43.5 Å². The number of halogens is 1. The maximum Gasteiger partial charge on any atom is 0.324 e. The largest absolute Gasteiger partial charge is 0.395 e. The van der Waals surface area contributed by atoms with E-state index in [1.165, 1.54) is 21.9 Å². The SMILES string of the molecule is CN(CCO)C(=O)N(Cc1ccc([C@@H]2CCCC[C@H]2C(=O)N[C@H](C(N)=O)c2ccccc2)cc1)c1ccc(F)cc1. The minimum Gasteiger partial charge on any atom is -0.395 e. The van der Waals surface area contributed by atoms with Crippen LogP contribution in [0, 0.1) is 11.7 Å². The van der Waals surface area contributed by atoms with Crippen molar-refractivity contribution in [3.8, 4) is 0 Å². The van der Waals surface area contributed by atoms with E-state index < -0.39 is 17.8 Å². The zero-order valence-corrected chi connectivity index (χ0v) is 23.2. The summed E-state index contributed by atoms with van der Waals surface area (Å²) in [4.78, 5) is 41.7. The molecular formula is C32H37FN4O4. The summed E-state index contributed by atoms with van der Waals surface area (Å²) in [6, 6.07) is 21.3. The number of likely N-dealkylation sites (N-methyl/N-ethyl adjacent to an activating group) is 1. The van der Waals surface area contributed by atoms with E-state index in [0.29, 0.717) is 17.7 Å². The molecule has 1 aliphatic carbocycles. The van der Waals surface area contributed by atoms with Gasteiger partial charge in [0.15, 0.2) is 0 Å². The monoisotopic (exact) mass is 560 g/mol. The van der Waals surface area contributed by atoms with Crippen LogP contribution in [-0.2, 0) is 16.1 Å². The number of hydrogen-bond donors (Lipinski definition) is 3. The number of nitrogens with zero attached hydrogens (tertiary/aromatic N) is 2. The third kappa shape index (κ3) is 7.49. The van der Waals surface area contributed by atoms with Gasteiger partial charge in [-0.05, 0) is 59.7 Å². The van der Waals surface area contributed by atoms with E-state index in [4.69, 9.17) is 5.73 Å². The van der Waals surface area contributed by atoms with Crippen molar-refractivity contribution >= 4 is 23.5 Å². The number of nitrogens with one attached hydrogen (secondary N) is 1. The van der Waals surface area contributed by atoms with Crippen LogP contribution in [0.15, 0.2) is 78.9 Å². The summed E-state index contributed by atoms with van der Waals surface area (Å²) < 4.78 is 13.6. The van der Waals surface area contributed by atoms with Crippen LogP contribution in [-0.4, -0.2) is 48.1 Å². The summed E-state index contributed by atoms with van der Waals surface area (Å²) in [5.74, 6) is -1.51. The number of urea groups is 1. The number of aliphatic hydroxyl groups is 1. The van der Waals surface area contributed by atoms with Gasteiger partial charge in [0.25, 0.3) is 0 Å². The number of anilines is 1. The van der Waals surface area contributed by atoms with Gasteiger partial charge < -0.3 is 21.1 Å². The Morgan fingerprint density at radius 2 is 1.63 bits per heavy atom. The zero-order valence-electron chi connectivity index (χ0n) is 23.2. The number of hydrogen-bond acceptors (Lipinski definition) is 4. The Kier molecular flexibility index (Phi) is 10.1. The lowest BCUT2D eigenvalue weighted by atomic mass is 9.74. The normalized spacial score (nSPS) is 17.3. The van der Waals surface area contributed by atoms with Crippen LogP contribution in [0.2, 0.25) is 0 Å². The quantitative estimate of drug-likeness (QED) is 0.339. The molecule has 0 bridgehead atoms. The summed E-state index contributed by atoms with van der Waals surface area (Å²) in [5, 5.41) is 12.2. The Morgan fingerprint density at radius 3 is 2.27 bits per heavy atom. The van der Waals surface area contributed by atoms with Gasteiger partial charge in [-0.15, -0.1) is 0 Å². The molecule has 4 rings (SSSR count). The molecule has 0 radical (unpaired) electrons. The van der Waals surface area contributed by atoms with Crippen LogP contribution < -0.4 is 16.0 Å². The summed E-state index contributed by atoms with van der Waals surface area (Å²) >= 11 is 0. The molecule has 0 spiro atoms. The summed E-state index contributed by atoms with van der Waals surface area (Å²) in [6.07, 6.45) is 3.48. The van der Waals surface area contributed by atoms with Crippen molar-refractivity contribution in [3.63, 3.8) is 0 Å². The Balaban J connectivity index is 1.51. The highest BCUT2D eigenvalue weighted by Gasteiger charge is 2.34. The molecule has 8 nitrogen and oxygen atoms in total. The highest BCUT2D eigenvalue weighted by Crippen LogP contribution is 2.38. The number of benzene rings is 3. The van der Waals surface area contributed by atoms with Crippen molar-refractivity contribution < 1.29 is 23.9 Å². The fourth-order valence-electron chi connectivity index (χ4n) is 5.45. The first-order valence-electron chi connectivity index (χ1n) is 13.9. The third-order valence-electron chi connectivity index (χ3n) is 7.69. The van der Waals surface area contributed by atoms with E-state index in [2.05, 4.69) is 5.32 Å². The van der Waals surface area contributed by atoms with Gasteiger partial charge in [-0.25, -0.2) is 9.18 Å².